The lowest BCUT2D eigenvalue weighted by Gasteiger charge is -2.17. The van der Waals surface area contributed by atoms with Gasteiger partial charge in [-0.05, 0) is 59.1 Å². The molecule has 0 aliphatic heterocycles. The van der Waals surface area contributed by atoms with Crippen LogP contribution >= 0.6 is 54.8 Å². The Morgan fingerprint density at radius 1 is 1.25 bits per heavy atom. The van der Waals surface area contributed by atoms with Gasteiger partial charge in [-0.2, -0.15) is 0 Å². The van der Waals surface area contributed by atoms with Gasteiger partial charge in [-0.3, -0.25) is 0 Å². The lowest BCUT2D eigenvalue weighted by Crippen LogP contribution is -2.23. The van der Waals surface area contributed by atoms with Gasteiger partial charge in [-0.25, -0.2) is 0 Å². The van der Waals surface area contributed by atoms with Crippen LogP contribution in [0, 0.1) is 0 Å². The summed E-state index contributed by atoms with van der Waals surface area (Å²) in [4.78, 5) is 1.28. The molecular weight excluding hydrogens is 422 g/mol. The van der Waals surface area contributed by atoms with E-state index in [4.69, 9.17) is 11.6 Å². The molecular formula is C15H16Br2ClNS. The minimum atomic E-state index is 0.310. The molecule has 0 saturated heterocycles. The molecule has 0 fully saturated rings. The molecule has 1 atom stereocenters. The van der Waals surface area contributed by atoms with Crippen LogP contribution in [-0.2, 0) is 6.42 Å². The highest BCUT2D eigenvalue weighted by Crippen LogP contribution is 2.36. The highest BCUT2D eigenvalue weighted by Gasteiger charge is 2.16. The Hall–Kier alpha value is 0.130. The Balaban J connectivity index is 2.16. The third kappa shape index (κ3) is 4.57. The maximum Gasteiger partial charge on any atom is 0.107 e. The van der Waals surface area contributed by atoms with E-state index in [9.17, 15) is 0 Å². The topological polar surface area (TPSA) is 12.0 Å². The zero-order valence-electron chi connectivity index (χ0n) is 11.1. The van der Waals surface area contributed by atoms with Crippen LogP contribution in [0.25, 0.3) is 0 Å². The van der Waals surface area contributed by atoms with Crippen molar-refractivity contribution in [2.45, 2.75) is 25.8 Å². The van der Waals surface area contributed by atoms with Gasteiger partial charge in [-0.1, -0.05) is 46.6 Å². The molecule has 0 aliphatic carbocycles. The van der Waals surface area contributed by atoms with Crippen molar-refractivity contribution in [3.05, 3.63) is 54.1 Å². The van der Waals surface area contributed by atoms with Gasteiger partial charge in [0.1, 0.15) is 4.34 Å². The van der Waals surface area contributed by atoms with E-state index in [1.54, 1.807) is 11.3 Å². The first-order chi connectivity index (χ1) is 9.60. The number of rotatable bonds is 6. The summed E-state index contributed by atoms with van der Waals surface area (Å²) in [7, 11) is 0. The fourth-order valence-corrected chi connectivity index (χ4v) is 4.06. The largest absolute Gasteiger partial charge is 0.309 e. The van der Waals surface area contributed by atoms with Crippen molar-refractivity contribution in [1.29, 1.82) is 0 Å². The molecule has 108 valence electrons. The van der Waals surface area contributed by atoms with Crippen molar-refractivity contribution < 1.29 is 0 Å². The predicted octanol–water partition coefficient (Wildman–Crippen LogP) is 6.21. The number of halogens is 3. The van der Waals surface area contributed by atoms with Crippen LogP contribution in [0.4, 0.5) is 0 Å². The second-order valence-corrected chi connectivity index (χ2v) is 8.06. The molecule has 2 aromatic rings. The van der Waals surface area contributed by atoms with Crippen LogP contribution in [0.2, 0.25) is 4.34 Å². The van der Waals surface area contributed by atoms with Crippen molar-refractivity contribution >= 4 is 54.8 Å². The van der Waals surface area contributed by atoms with E-state index < -0.39 is 0 Å². The third-order valence-corrected chi connectivity index (χ3v) is 6.12. The Morgan fingerprint density at radius 2 is 1.95 bits per heavy atom. The quantitative estimate of drug-likeness (QED) is 0.566. The summed E-state index contributed by atoms with van der Waals surface area (Å²) in [6, 6.07) is 10.9. The molecule has 2 rings (SSSR count). The highest BCUT2D eigenvalue weighted by molar-refractivity contribution is 9.10. The maximum atomic E-state index is 6.17. The summed E-state index contributed by atoms with van der Waals surface area (Å²) in [5.41, 5.74) is 1.32. The van der Waals surface area contributed by atoms with Crippen molar-refractivity contribution in [2.75, 3.05) is 6.54 Å². The van der Waals surface area contributed by atoms with E-state index in [2.05, 4.69) is 74.4 Å². The maximum absolute atomic E-state index is 6.17. The van der Waals surface area contributed by atoms with Crippen LogP contribution in [0.1, 0.15) is 29.8 Å². The molecule has 0 bridgehead atoms. The van der Waals surface area contributed by atoms with Crippen molar-refractivity contribution in [3.8, 4) is 0 Å². The monoisotopic (exact) mass is 435 g/mol. The molecule has 0 aliphatic rings. The lowest BCUT2D eigenvalue weighted by molar-refractivity contribution is 0.536. The molecule has 0 spiro atoms. The van der Waals surface area contributed by atoms with Crippen LogP contribution in [0.3, 0.4) is 0 Å². The average Bonchev–Trinajstić information content (AvgIpc) is 2.77. The zero-order chi connectivity index (χ0) is 14.5. The summed E-state index contributed by atoms with van der Waals surface area (Å²) in [6.07, 6.45) is 2.09. The molecule has 1 nitrogen and oxygen atoms in total. The van der Waals surface area contributed by atoms with E-state index in [-0.39, 0.29) is 0 Å². The Kier molecular flexibility index (Phi) is 6.56. The highest BCUT2D eigenvalue weighted by atomic mass is 79.9. The van der Waals surface area contributed by atoms with Gasteiger partial charge >= 0.3 is 0 Å². The SMILES string of the molecule is CCCNC(Cc1ccc(Br)cc1)c1cc(Br)c(Cl)s1. The van der Waals surface area contributed by atoms with E-state index in [0.717, 1.165) is 32.7 Å². The second-order valence-electron chi connectivity index (χ2n) is 4.61. The molecule has 5 heteroatoms. The number of benzene rings is 1. The fourth-order valence-electron chi connectivity index (χ4n) is 1.98. The van der Waals surface area contributed by atoms with Crippen LogP contribution in [0.15, 0.2) is 39.3 Å². The van der Waals surface area contributed by atoms with Gasteiger partial charge < -0.3 is 5.32 Å². The van der Waals surface area contributed by atoms with Gasteiger partial charge in [0.25, 0.3) is 0 Å². The number of nitrogens with one attached hydrogen (secondary N) is 1. The summed E-state index contributed by atoms with van der Waals surface area (Å²) < 4.78 is 2.92. The normalized spacial score (nSPS) is 12.6. The molecule has 1 N–H and O–H groups in total. The van der Waals surface area contributed by atoms with Crippen LogP contribution in [-0.4, -0.2) is 6.54 Å². The standard InChI is InChI=1S/C15H16Br2ClNS/c1-2-7-19-13(14-9-12(17)15(18)20-14)8-10-3-5-11(16)6-4-10/h3-6,9,13,19H,2,7-8H2,1H3. The number of hydrogen-bond donors (Lipinski definition) is 1. The van der Waals surface area contributed by atoms with E-state index in [1.807, 2.05) is 0 Å². The molecule has 1 unspecified atom stereocenters. The van der Waals surface area contributed by atoms with Gasteiger partial charge in [-0.15, -0.1) is 11.3 Å². The second kappa shape index (κ2) is 7.95. The van der Waals surface area contributed by atoms with E-state index >= 15 is 0 Å². The fraction of sp³-hybridized carbons (Fsp3) is 0.333. The Bertz CT molecular complexity index is 534. The molecule has 20 heavy (non-hydrogen) atoms. The van der Waals surface area contributed by atoms with Crippen LogP contribution < -0.4 is 5.32 Å². The van der Waals surface area contributed by atoms with E-state index in [1.165, 1.54) is 10.4 Å². The Labute approximate surface area is 146 Å². The van der Waals surface area contributed by atoms with Gasteiger partial charge in [0.05, 0.1) is 0 Å². The molecule has 0 amide bonds. The van der Waals surface area contributed by atoms with Gasteiger partial charge in [0, 0.05) is 19.9 Å². The summed E-state index contributed by atoms with van der Waals surface area (Å²) >= 11 is 14.8. The molecule has 0 radical (unpaired) electrons. The zero-order valence-corrected chi connectivity index (χ0v) is 15.9. The van der Waals surface area contributed by atoms with Crippen molar-refractivity contribution in [2.24, 2.45) is 0 Å². The number of thiophene rings is 1. The smallest absolute Gasteiger partial charge is 0.107 e. The predicted molar refractivity (Wildman–Crippen MR) is 95.9 cm³/mol. The van der Waals surface area contributed by atoms with Gasteiger partial charge in [0.15, 0.2) is 0 Å². The minimum Gasteiger partial charge on any atom is -0.309 e. The van der Waals surface area contributed by atoms with Crippen molar-refractivity contribution in [1.82, 2.24) is 5.32 Å². The van der Waals surface area contributed by atoms with Gasteiger partial charge in [0.2, 0.25) is 0 Å². The summed E-state index contributed by atoms with van der Waals surface area (Å²) in [6.45, 7) is 3.19. The van der Waals surface area contributed by atoms with Crippen molar-refractivity contribution in [3.63, 3.8) is 0 Å². The number of hydrogen-bond acceptors (Lipinski definition) is 2. The average molecular weight is 438 g/mol. The molecule has 0 saturated carbocycles. The molecule has 1 aromatic heterocycles. The first-order valence-electron chi connectivity index (χ1n) is 6.52. The Morgan fingerprint density at radius 3 is 2.50 bits per heavy atom. The first kappa shape index (κ1) is 16.5. The van der Waals surface area contributed by atoms with E-state index in [0.29, 0.717) is 6.04 Å². The van der Waals surface area contributed by atoms with Crippen LogP contribution in [0.5, 0.6) is 0 Å². The lowest BCUT2D eigenvalue weighted by atomic mass is 10.0. The molecule has 1 heterocycles. The summed E-state index contributed by atoms with van der Waals surface area (Å²) in [5, 5.41) is 3.61. The minimum absolute atomic E-state index is 0.310. The molecule has 1 aromatic carbocycles. The first-order valence-corrected chi connectivity index (χ1v) is 9.30. The third-order valence-electron chi connectivity index (χ3n) is 3.00. The summed E-state index contributed by atoms with van der Waals surface area (Å²) in [5.74, 6) is 0.